The van der Waals surface area contributed by atoms with Gasteiger partial charge >= 0.3 is 5.97 Å². The largest absolute Gasteiger partial charge is 0.455 e. The quantitative estimate of drug-likeness (QED) is 0.653. The lowest BCUT2D eigenvalue weighted by atomic mass is 10.2. The first-order valence-electron chi connectivity index (χ1n) is 8.08. The number of nitrogens with one attached hydrogen (secondary N) is 2. The Morgan fingerprint density at radius 2 is 1.63 bits per heavy atom. The van der Waals surface area contributed by atoms with Gasteiger partial charge in [0.25, 0.3) is 5.91 Å². The van der Waals surface area contributed by atoms with Crippen LogP contribution in [0.5, 0.6) is 0 Å². The summed E-state index contributed by atoms with van der Waals surface area (Å²) >= 11 is 7.42. The van der Waals surface area contributed by atoms with E-state index in [1.807, 2.05) is 18.2 Å². The van der Waals surface area contributed by atoms with Crippen molar-refractivity contribution in [3.63, 3.8) is 0 Å². The van der Waals surface area contributed by atoms with Gasteiger partial charge in [-0.15, -0.1) is 11.8 Å². The maximum Gasteiger partial charge on any atom is 0.316 e. The Balaban J connectivity index is 1.68. The van der Waals surface area contributed by atoms with Crippen molar-refractivity contribution < 1.29 is 19.1 Å². The zero-order valence-electron chi connectivity index (χ0n) is 14.7. The van der Waals surface area contributed by atoms with Gasteiger partial charge in [0.15, 0.2) is 6.61 Å². The molecule has 0 unspecified atom stereocenters. The van der Waals surface area contributed by atoms with Crippen molar-refractivity contribution in [2.24, 2.45) is 0 Å². The van der Waals surface area contributed by atoms with Gasteiger partial charge in [-0.25, -0.2) is 0 Å². The summed E-state index contributed by atoms with van der Waals surface area (Å²) in [4.78, 5) is 34.5. The van der Waals surface area contributed by atoms with Gasteiger partial charge in [0.05, 0.1) is 5.75 Å². The lowest BCUT2D eigenvalue weighted by molar-refractivity contribution is -0.144. The SMILES string of the molecule is CC(=O)Nc1ccc(NC(=O)COC(=O)CSCc2ccccc2Cl)cc1. The third-order valence-corrected chi connectivity index (χ3v) is 4.61. The predicted molar refractivity (Wildman–Crippen MR) is 108 cm³/mol. The maximum absolute atomic E-state index is 11.8. The Hall–Kier alpha value is -2.51. The fourth-order valence-electron chi connectivity index (χ4n) is 2.08. The molecule has 0 aromatic heterocycles. The minimum atomic E-state index is -0.469. The molecule has 2 N–H and O–H groups in total. The van der Waals surface area contributed by atoms with Crippen molar-refractivity contribution in [2.75, 3.05) is 23.0 Å². The number of rotatable bonds is 8. The molecule has 2 aromatic carbocycles. The van der Waals surface area contributed by atoms with E-state index in [1.54, 1.807) is 30.3 Å². The van der Waals surface area contributed by atoms with Gasteiger partial charge in [-0.05, 0) is 35.9 Å². The van der Waals surface area contributed by atoms with Gasteiger partial charge < -0.3 is 15.4 Å². The number of hydrogen-bond donors (Lipinski definition) is 2. The second-order valence-corrected chi connectivity index (χ2v) is 6.94. The van der Waals surface area contributed by atoms with Crippen LogP contribution in [0, 0.1) is 0 Å². The van der Waals surface area contributed by atoms with E-state index in [9.17, 15) is 14.4 Å². The molecule has 0 aliphatic carbocycles. The van der Waals surface area contributed by atoms with Crippen LogP contribution < -0.4 is 10.6 Å². The van der Waals surface area contributed by atoms with Gasteiger partial charge in [-0.3, -0.25) is 14.4 Å². The average Bonchev–Trinajstić information content (AvgIpc) is 2.63. The average molecular weight is 407 g/mol. The Bertz CT molecular complexity index is 812. The molecule has 2 rings (SSSR count). The van der Waals surface area contributed by atoms with E-state index in [1.165, 1.54) is 18.7 Å². The summed E-state index contributed by atoms with van der Waals surface area (Å²) < 4.78 is 4.96. The normalized spacial score (nSPS) is 10.1. The number of anilines is 2. The van der Waals surface area contributed by atoms with Crippen molar-refractivity contribution >= 4 is 52.5 Å². The molecule has 27 heavy (non-hydrogen) atoms. The smallest absolute Gasteiger partial charge is 0.316 e. The lowest BCUT2D eigenvalue weighted by Crippen LogP contribution is -2.21. The Kier molecular flexibility index (Phi) is 8.16. The molecule has 8 heteroatoms. The molecule has 0 radical (unpaired) electrons. The van der Waals surface area contributed by atoms with E-state index < -0.39 is 11.9 Å². The fourth-order valence-corrected chi connectivity index (χ4v) is 3.19. The van der Waals surface area contributed by atoms with Crippen molar-refractivity contribution in [3.8, 4) is 0 Å². The molecule has 0 heterocycles. The highest BCUT2D eigenvalue weighted by molar-refractivity contribution is 7.99. The second kappa shape index (κ2) is 10.6. The summed E-state index contributed by atoms with van der Waals surface area (Å²) in [5, 5.41) is 5.90. The highest BCUT2D eigenvalue weighted by atomic mass is 35.5. The van der Waals surface area contributed by atoms with Crippen molar-refractivity contribution in [2.45, 2.75) is 12.7 Å². The molecule has 2 aromatic rings. The number of esters is 1. The third-order valence-electron chi connectivity index (χ3n) is 3.29. The van der Waals surface area contributed by atoms with E-state index >= 15 is 0 Å². The van der Waals surface area contributed by atoms with Crippen LogP contribution in [0.15, 0.2) is 48.5 Å². The van der Waals surface area contributed by atoms with Crippen LogP contribution in [0.4, 0.5) is 11.4 Å². The molecule has 0 fully saturated rings. The summed E-state index contributed by atoms with van der Waals surface area (Å²) in [6.07, 6.45) is 0. The summed E-state index contributed by atoms with van der Waals surface area (Å²) in [6, 6.07) is 14.0. The van der Waals surface area contributed by atoms with E-state index in [0.717, 1.165) is 5.56 Å². The molecular weight excluding hydrogens is 388 g/mol. The third kappa shape index (κ3) is 7.72. The minimum absolute atomic E-state index is 0.129. The summed E-state index contributed by atoms with van der Waals surface area (Å²) in [6.45, 7) is 1.05. The Labute approximate surface area is 166 Å². The molecule has 0 saturated carbocycles. The van der Waals surface area contributed by atoms with E-state index in [2.05, 4.69) is 10.6 Å². The van der Waals surface area contributed by atoms with Crippen molar-refractivity contribution in [3.05, 3.63) is 59.1 Å². The summed E-state index contributed by atoms with van der Waals surface area (Å²) in [7, 11) is 0. The van der Waals surface area contributed by atoms with Crippen LogP contribution in [0.3, 0.4) is 0 Å². The number of ether oxygens (including phenoxy) is 1. The minimum Gasteiger partial charge on any atom is -0.455 e. The molecule has 142 valence electrons. The molecule has 2 amide bonds. The molecule has 0 spiro atoms. The zero-order valence-corrected chi connectivity index (χ0v) is 16.2. The first-order valence-corrected chi connectivity index (χ1v) is 9.61. The number of carbonyl (C=O) groups is 3. The van der Waals surface area contributed by atoms with E-state index in [0.29, 0.717) is 22.2 Å². The van der Waals surface area contributed by atoms with Crippen LogP contribution in [-0.2, 0) is 24.9 Å². The van der Waals surface area contributed by atoms with Gasteiger partial charge in [-0.1, -0.05) is 29.8 Å². The van der Waals surface area contributed by atoms with Crippen molar-refractivity contribution in [1.29, 1.82) is 0 Å². The van der Waals surface area contributed by atoms with Crippen LogP contribution in [0.2, 0.25) is 5.02 Å². The van der Waals surface area contributed by atoms with Crippen molar-refractivity contribution in [1.82, 2.24) is 0 Å². The lowest BCUT2D eigenvalue weighted by Gasteiger charge is -2.08. The summed E-state index contributed by atoms with van der Waals surface area (Å²) in [5.41, 5.74) is 2.11. The maximum atomic E-state index is 11.8. The Morgan fingerprint density at radius 1 is 1.00 bits per heavy atom. The molecule has 0 bridgehead atoms. The molecule has 0 aliphatic rings. The molecule has 6 nitrogen and oxygen atoms in total. The number of halogens is 1. The van der Waals surface area contributed by atoms with Gasteiger partial charge in [0.2, 0.25) is 5.91 Å². The molecular formula is C19H19ClN2O4S. The number of benzene rings is 2. The van der Waals surface area contributed by atoms with Gasteiger partial charge in [0, 0.05) is 29.1 Å². The zero-order chi connectivity index (χ0) is 19.6. The number of hydrogen-bond acceptors (Lipinski definition) is 5. The second-order valence-electron chi connectivity index (χ2n) is 5.55. The number of carbonyl (C=O) groups excluding carboxylic acids is 3. The topological polar surface area (TPSA) is 84.5 Å². The van der Waals surface area contributed by atoms with E-state index in [-0.39, 0.29) is 18.3 Å². The number of thioether (sulfide) groups is 1. The summed E-state index contributed by atoms with van der Waals surface area (Å²) in [5.74, 6) is -0.369. The predicted octanol–water partition coefficient (Wildman–Crippen LogP) is 3.71. The monoisotopic (exact) mass is 406 g/mol. The first kappa shape index (κ1) is 20.8. The van der Waals surface area contributed by atoms with Crippen LogP contribution in [-0.4, -0.2) is 30.1 Å². The molecule has 0 saturated heterocycles. The molecule has 0 aliphatic heterocycles. The number of amides is 2. The fraction of sp³-hybridized carbons (Fsp3) is 0.211. The van der Waals surface area contributed by atoms with Crippen LogP contribution in [0.25, 0.3) is 0 Å². The van der Waals surface area contributed by atoms with Crippen LogP contribution in [0.1, 0.15) is 12.5 Å². The first-order chi connectivity index (χ1) is 12.9. The molecule has 0 atom stereocenters. The Morgan fingerprint density at radius 3 is 2.26 bits per heavy atom. The highest BCUT2D eigenvalue weighted by Gasteiger charge is 2.09. The highest BCUT2D eigenvalue weighted by Crippen LogP contribution is 2.20. The van der Waals surface area contributed by atoms with Gasteiger partial charge in [-0.2, -0.15) is 0 Å². The van der Waals surface area contributed by atoms with Crippen LogP contribution >= 0.6 is 23.4 Å². The van der Waals surface area contributed by atoms with Gasteiger partial charge in [0.1, 0.15) is 0 Å². The van der Waals surface area contributed by atoms with E-state index in [4.69, 9.17) is 16.3 Å². The standard InChI is InChI=1S/C19H19ClN2O4S/c1-13(23)21-15-6-8-16(9-7-15)22-18(24)10-26-19(25)12-27-11-14-4-2-3-5-17(14)20/h2-9H,10-12H2,1H3,(H,21,23)(H,22,24).